The molecule has 0 amide bonds. The fourth-order valence-electron chi connectivity index (χ4n) is 4.08. The summed E-state index contributed by atoms with van der Waals surface area (Å²) < 4.78 is 18.3. The van der Waals surface area contributed by atoms with Gasteiger partial charge in [0.15, 0.2) is 11.5 Å². The molecule has 0 saturated carbocycles. The van der Waals surface area contributed by atoms with Crippen molar-refractivity contribution in [1.29, 1.82) is 0 Å². The third-order valence-electron chi connectivity index (χ3n) is 5.51. The molecule has 3 aromatic rings. The van der Waals surface area contributed by atoms with Gasteiger partial charge < -0.3 is 13.9 Å². The lowest BCUT2D eigenvalue weighted by atomic mass is 9.97. The second-order valence-corrected chi connectivity index (χ2v) is 8.29. The van der Waals surface area contributed by atoms with Gasteiger partial charge in [-0.1, -0.05) is 24.3 Å². The van der Waals surface area contributed by atoms with E-state index in [1.54, 1.807) is 11.8 Å². The SMILES string of the molecule is CCOc1cccc2c1O[C@@H](c1ccc(SC)cc1)N1N=C(c3ccc(C)o3)C[C@H]21. The highest BCUT2D eigenvalue weighted by Gasteiger charge is 2.42. The minimum absolute atomic E-state index is 0.0692. The summed E-state index contributed by atoms with van der Waals surface area (Å²) in [4.78, 5) is 1.22. The Balaban J connectivity index is 1.59. The van der Waals surface area contributed by atoms with Gasteiger partial charge in [-0.3, -0.25) is 0 Å². The molecule has 0 bridgehead atoms. The standard InChI is InChI=1S/C24H24N2O3S/c1-4-27-22-7-5-6-18-20-14-19(21-13-8-15(2)28-21)25-26(20)24(29-23(18)22)16-9-11-17(30-3)12-10-16/h5-13,20,24H,4,14H2,1-3H3/t20-,24+/m1/s1. The number of hydrogen-bond donors (Lipinski definition) is 0. The van der Waals surface area contributed by atoms with Crippen LogP contribution in [0.25, 0.3) is 0 Å². The van der Waals surface area contributed by atoms with Crippen LogP contribution in [0.3, 0.4) is 0 Å². The number of ether oxygens (including phenoxy) is 2. The van der Waals surface area contributed by atoms with Crippen molar-refractivity contribution in [2.45, 2.75) is 37.4 Å². The molecule has 1 aromatic heterocycles. The van der Waals surface area contributed by atoms with Gasteiger partial charge in [-0.15, -0.1) is 11.8 Å². The smallest absolute Gasteiger partial charge is 0.214 e. The van der Waals surface area contributed by atoms with Crippen LogP contribution in [0.5, 0.6) is 11.5 Å². The van der Waals surface area contributed by atoms with E-state index in [0.717, 1.165) is 46.3 Å². The summed E-state index contributed by atoms with van der Waals surface area (Å²) in [5.74, 6) is 3.30. The van der Waals surface area contributed by atoms with Gasteiger partial charge in [0.2, 0.25) is 6.23 Å². The fourth-order valence-corrected chi connectivity index (χ4v) is 4.49. The van der Waals surface area contributed by atoms with Crippen LogP contribution in [-0.4, -0.2) is 23.6 Å². The number of thioether (sulfide) groups is 1. The minimum Gasteiger partial charge on any atom is -0.490 e. The third kappa shape index (κ3) is 3.25. The van der Waals surface area contributed by atoms with Crippen molar-refractivity contribution >= 4 is 17.5 Å². The lowest BCUT2D eigenvalue weighted by Crippen LogP contribution is -2.33. The Bertz CT molecular complexity index is 1090. The lowest BCUT2D eigenvalue weighted by molar-refractivity contribution is -0.0212. The largest absolute Gasteiger partial charge is 0.490 e. The van der Waals surface area contributed by atoms with E-state index >= 15 is 0 Å². The van der Waals surface area contributed by atoms with E-state index in [1.165, 1.54) is 4.90 Å². The van der Waals surface area contributed by atoms with Gasteiger partial charge in [0, 0.05) is 22.4 Å². The normalized spacial score (nSPS) is 19.7. The molecular weight excluding hydrogens is 396 g/mol. The number of aryl methyl sites for hydroxylation is 1. The molecule has 0 saturated heterocycles. The summed E-state index contributed by atoms with van der Waals surface area (Å²) in [7, 11) is 0. The van der Waals surface area contributed by atoms with Gasteiger partial charge in [-0.05, 0) is 50.4 Å². The number of rotatable bonds is 5. The summed E-state index contributed by atoms with van der Waals surface area (Å²) in [6.45, 7) is 4.53. The Hall–Kier alpha value is -2.86. The second-order valence-electron chi connectivity index (χ2n) is 7.41. The molecule has 2 aromatic carbocycles. The molecule has 2 atom stereocenters. The topological polar surface area (TPSA) is 47.2 Å². The molecule has 0 N–H and O–H groups in total. The molecule has 0 fully saturated rings. The molecular formula is C24H24N2O3S. The van der Waals surface area contributed by atoms with E-state index in [2.05, 4.69) is 41.6 Å². The van der Waals surface area contributed by atoms with Crippen molar-refractivity contribution in [3.63, 3.8) is 0 Å². The highest BCUT2D eigenvalue weighted by molar-refractivity contribution is 7.98. The van der Waals surface area contributed by atoms with Gasteiger partial charge in [-0.25, -0.2) is 5.01 Å². The van der Waals surface area contributed by atoms with Crippen molar-refractivity contribution in [2.75, 3.05) is 12.9 Å². The molecule has 2 aliphatic rings. The first-order valence-corrected chi connectivity index (χ1v) is 11.4. The first kappa shape index (κ1) is 19.1. The van der Waals surface area contributed by atoms with Crippen LogP contribution in [0.4, 0.5) is 0 Å². The number of hydrogen-bond acceptors (Lipinski definition) is 6. The predicted octanol–water partition coefficient (Wildman–Crippen LogP) is 5.95. The summed E-state index contributed by atoms with van der Waals surface area (Å²) >= 11 is 1.73. The number of nitrogens with zero attached hydrogens (tertiary/aromatic N) is 2. The highest BCUT2D eigenvalue weighted by atomic mass is 32.2. The van der Waals surface area contributed by atoms with Gasteiger partial charge in [-0.2, -0.15) is 5.10 Å². The van der Waals surface area contributed by atoms with Crippen molar-refractivity contribution in [3.05, 3.63) is 77.2 Å². The van der Waals surface area contributed by atoms with Crippen molar-refractivity contribution < 1.29 is 13.9 Å². The van der Waals surface area contributed by atoms with Crippen LogP contribution in [-0.2, 0) is 0 Å². The number of benzene rings is 2. The van der Waals surface area contributed by atoms with E-state index in [4.69, 9.17) is 19.0 Å². The van der Waals surface area contributed by atoms with Crippen LogP contribution in [0.1, 0.15) is 48.3 Å². The number of furan rings is 1. The zero-order chi connectivity index (χ0) is 20.7. The molecule has 3 heterocycles. The molecule has 5 rings (SSSR count). The Morgan fingerprint density at radius 3 is 2.67 bits per heavy atom. The maximum Gasteiger partial charge on any atom is 0.214 e. The molecule has 0 radical (unpaired) electrons. The molecule has 5 nitrogen and oxygen atoms in total. The Morgan fingerprint density at radius 2 is 1.97 bits per heavy atom. The first-order valence-electron chi connectivity index (χ1n) is 10.2. The Labute approximate surface area is 180 Å². The zero-order valence-corrected chi connectivity index (χ0v) is 18.1. The van der Waals surface area contributed by atoms with Gasteiger partial charge in [0.1, 0.15) is 17.2 Å². The van der Waals surface area contributed by atoms with Crippen LogP contribution in [0.2, 0.25) is 0 Å². The maximum atomic E-state index is 6.53. The molecule has 2 aliphatic heterocycles. The molecule has 30 heavy (non-hydrogen) atoms. The zero-order valence-electron chi connectivity index (χ0n) is 17.3. The summed E-state index contributed by atoms with van der Waals surface area (Å²) in [5, 5.41) is 7.02. The van der Waals surface area contributed by atoms with Crippen LogP contribution < -0.4 is 9.47 Å². The molecule has 0 aliphatic carbocycles. The number of para-hydroxylation sites is 1. The van der Waals surface area contributed by atoms with E-state index in [0.29, 0.717) is 6.61 Å². The summed E-state index contributed by atoms with van der Waals surface area (Å²) in [5.41, 5.74) is 3.10. The Morgan fingerprint density at radius 1 is 1.13 bits per heavy atom. The quantitative estimate of drug-likeness (QED) is 0.477. The average Bonchev–Trinajstić information content (AvgIpc) is 3.40. The van der Waals surface area contributed by atoms with E-state index < -0.39 is 0 Å². The average molecular weight is 421 g/mol. The van der Waals surface area contributed by atoms with Crippen LogP contribution in [0, 0.1) is 6.92 Å². The molecule has 0 unspecified atom stereocenters. The van der Waals surface area contributed by atoms with E-state index in [1.807, 2.05) is 38.1 Å². The number of fused-ring (bicyclic) bond motifs is 3. The molecule has 6 heteroatoms. The third-order valence-corrected chi connectivity index (χ3v) is 6.25. The minimum atomic E-state index is -0.325. The van der Waals surface area contributed by atoms with Crippen molar-refractivity contribution in [2.24, 2.45) is 5.10 Å². The molecule has 154 valence electrons. The first-order chi connectivity index (χ1) is 14.7. The highest BCUT2D eigenvalue weighted by Crippen LogP contribution is 2.50. The van der Waals surface area contributed by atoms with Crippen LogP contribution in [0.15, 0.2) is 69.0 Å². The van der Waals surface area contributed by atoms with Gasteiger partial charge in [0.05, 0.1) is 12.6 Å². The Kier molecular flexibility index (Phi) is 4.95. The maximum absolute atomic E-state index is 6.53. The summed E-state index contributed by atoms with van der Waals surface area (Å²) in [6.07, 6.45) is 2.52. The second kappa shape index (κ2) is 7.76. The van der Waals surface area contributed by atoms with Gasteiger partial charge >= 0.3 is 0 Å². The summed E-state index contributed by atoms with van der Waals surface area (Å²) in [6, 6.07) is 18.6. The lowest BCUT2D eigenvalue weighted by Gasteiger charge is -2.38. The van der Waals surface area contributed by atoms with Gasteiger partial charge in [0.25, 0.3) is 0 Å². The van der Waals surface area contributed by atoms with E-state index in [9.17, 15) is 0 Å². The van der Waals surface area contributed by atoms with E-state index in [-0.39, 0.29) is 12.3 Å². The van der Waals surface area contributed by atoms with Crippen LogP contribution >= 0.6 is 11.8 Å². The van der Waals surface area contributed by atoms with Crippen molar-refractivity contribution in [3.8, 4) is 11.5 Å². The van der Waals surface area contributed by atoms with Crippen molar-refractivity contribution in [1.82, 2.24) is 5.01 Å². The number of hydrazone groups is 1. The fraction of sp³-hybridized carbons (Fsp3) is 0.292. The molecule has 0 spiro atoms. The monoisotopic (exact) mass is 420 g/mol. The predicted molar refractivity (Wildman–Crippen MR) is 118 cm³/mol.